The van der Waals surface area contributed by atoms with E-state index >= 15 is 0 Å². The van der Waals surface area contributed by atoms with Crippen molar-refractivity contribution in [2.75, 3.05) is 0 Å². The zero-order valence-electron chi connectivity index (χ0n) is 14.5. The summed E-state index contributed by atoms with van der Waals surface area (Å²) in [7, 11) is 0. The van der Waals surface area contributed by atoms with Crippen molar-refractivity contribution in [1.82, 2.24) is 0 Å². The van der Waals surface area contributed by atoms with Crippen LogP contribution in [-0.4, -0.2) is 11.1 Å². The molecule has 0 amide bonds. The molecule has 4 aliphatic carbocycles. The number of benzene rings is 1. The summed E-state index contributed by atoms with van der Waals surface area (Å²) in [5.74, 6) is 8.82. The Morgan fingerprint density at radius 1 is 1.17 bits per heavy atom. The highest BCUT2D eigenvalue weighted by Gasteiger charge is 2.50. The van der Waals surface area contributed by atoms with Gasteiger partial charge in [0.15, 0.2) is 0 Å². The SMILES string of the molecule is CCCc1ccc(C#CC23CC4CC(CC(C4)C2)C3)cc1C(=O)O. The van der Waals surface area contributed by atoms with Crippen molar-refractivity contribution in [2.45, 2.75) is 58.3 Å². The number of hydrogen-bond acceptors (Lipinski definition) is 1. The molecule has 0 heterocycles. The summed E-state index contributed by atoms with van der Waals surface area (Å²) in [6, 6.07) is 5.74. The minimum Gasteiger partial charge on any atom is -0.478 e. The van der Waals surface area contributed by atoms with Crippen LogP contribution in [0.3, 0.4) is 0 Å². The van der Waals surface area contributed by atoms with E-state index in [1.54, 1.807) is 6.07 Å². The molecule has 0 saturated heterocycles. The number of carboxylic acid groups (broad SMARTS) is 1. The molecule has 0 unspecified atom stereocenters. The summed E-state index contributed by atoms with van der Waals surface area (Å²) < 4.78 is 0. The molecule has 126 valence electrons. The first-order valence-corrected chi connectivity index (χ1v) is 9.46. The Kier molecular flexibility index (Phi) is 3.91. The highest BCUT2D eigenvalue weighted by Crippen LogP contribution is 2.59. The molecule has 2 nitrogen and oxygen atoms in total. The van der Waals surface area contributed by atoms with Crippen LogP contribution in [0.25, 0.3) is 0 Å². The number of hydrogen-bond donors (Lipinski definition) is 1. The van der Waals surface area contributed by atoms with E-state index in [0.717, 1.165) is 41.7 Å². The Balaban J connectivity index is 1.61. The molecular formula is C22H26O2. The summed E-state index contributed by atoms with van der Waals surface area (Å²) in [4.78, 5) is 11.5. The molecule has 0 aliphatic heterocycles. The summed E-state index contributed by atoms with van der Waals surface area (Å²) >= 11 is 0. The van der Waals surface area contributed by atoms with E-state index < -0.39 is 5.97 Å². The van der Waals surface area contributed by atoms with Crippen molar-refractivity contribution in [2.24, 2.45) is 23.2 Å². The predicted molar refractivity (Wildman–Crippen MR) is 94.9 cm³/mol. The van der Waals surface area contributed by atoms with Gasteiger partial charge in [-0.25, -0.2) is 4.79 Å². The van der Waals surface area contributed by atoms with Crippen LogP contribution in [0.2, 0.25) is 0 Å². The quantitative estimate of drug-likeness (QED) is 0.803. The first-order valence-electron chi connectivity index (χ1n) is 9.46. The second-order valence-corrected chi connectivity index (χ2v) is 8.37. The van der Waals surface area contributed by atoms with Gasteiger partial charge in [-0.15, -0.1) is 0 Å². The smallest absolute Gasteiger partial charge is 0.336 e. The van der Waals surface area contributed by atoms with Crippen LogP contribution in [0.1, 0.15) is 73.4 Å². The van der Waals surface area contributed by atoms with Crippen molar-refractivity contribution >= 4 is 5.97 Å². The molecule has 24 heavy (non-hydrogen) atoms. The average Bonchev–Trinajstić information content (AvgIpc) is 2.53. The maximum atomic E-state index is 11.5. The minimum absolute atomic E-state index is 0.222. The van der Waals surface area contributed by atoms with Gasteiger partial charge >= 0.3 is 5.97 Å². The highest BCUT2D eigenvalue weighted by atomic mass is 16.4. The third kappa shape index (κ3) is 2.86. The number of aryl methyl sites for hydroxylation is 1. The zero-order valence-corrected chi connectivity index (χ0v) is 14.5. The van der Waals surface area contributed by atoms with E-state index in [0.29, 0.717) is 5.56 Å². The van der Waals surface area contributed by atoms with Gasteiger partial charge in [0.1, 0.15) is 0 Å². The van der Waals surface area contributed by atoms with Gasteiger partial charge in [-0.1, -0.05) is 31.3 Å². The monoisotopic (exact) mass is 322 g/mol. The summed E-state index contributed by atoms with van der Waals surface area (Å²) in [6.07, 6.45) is 9.85. The molecule has 0 aromatic heterocycles. The van der Waals surface area contributed by atoms with E-state index in [2.05, 4.69) is 18.8 Å². The number of rotatable bonds is 3. The van der Waals surface area contributed by atoms with Gasteiger partial charge in [0.05, 0.1) is 5.56 Å². The molecule has 1 aromatic carbocycles. The van der Waals surface area contributed by atoms with Crippen LogP contribution in [0.15, 0.2) is 18.2 Å². The average molecular weight is 322 g/mol. The molecule has 4 saturated carbocycles. The molecule has 0 radical (unpaired) electrons. The molecule has 0 atom stereocenters. The predicted octanol–water partition coefficient (Wildman–Crippen LogP) is 4.91. The van der Waals surface area contributed by atoms with Gasteiger partial charge in [0.25, 0.3) is 0 Å². The van der Waals surface area contributed by atoms with Gasteiger partial charge in [-0.05, 0) is 80.4 Å². The molecule has 4 aliphatic rings. The van der Waals surface area contributed by atoms with Crippen molar-refractivity contribution in [3.8, 4) is 11.8 Å². The lowest BCUT2D eigenvalue weighted by Gasteiger charge is -2.54. The van der Waals surface area contributed by atoms with E-state index in [9.17, 15) is 9.90 Å². The Bertz CT molecular complexity index is 684. The van der Waals surface area contributed by atoms with Crippen LogP contribution in [0.4, 0.5) is 0 Å². The van der Waals surface area contributed by atoms with E-state index in [1.807, 2.05) is 12.1 Å². The normalized spacial score (nSPS) is 33.1. The van der Waals surface area contributed by atoms with Crippen molar-refractivity contribution in [1.29, 1.82) is 0 Å². The van der Waals surface area contributed by atoms with Crippen LogP contribution in [-0.2, 0) is 6.42 Å². The van der Waals surface area contributed by atoms with E-state index in [-0.39, 0.29) is 5.41 Å². The van der Waals surface area contributed by atoms with Crippen molar-refractivity contribution in [3.05, 3.63) is 34.9 Å². The second-order valence-electron chi connectivity index (χ2n) is 8.37. The Labute approximate surface area is 144 Å². The van der Waals surface area contributed by atoms with E-state index in [1.165, 1.54) is 38.5 Å². The fraction of sp³-hybridized carbons (Fsp3) is 0.591. The van der Waals surface area contributed by atoms with Crippen LogP contribution >= 0.6 is 0 Å². The van der Waals surface area contributed by atoms with E-state index in [4.69, 9.17) is 0 Å². The lowest BCUT2D eigenvalue weighted by Crippen LogP contribution is -2.45. The van der Waals surface area contributed by atoms with Gasteiger partial charge in [-0.3, -0.25) is 0 Å². The van der Waals surface area contributed by atoms with Crippen molar-refractivity contribution in [3.63, 3.8) is 0 Å². The Hall–Kier alpha value is -1.75. The van der Waals surface area contributed by atoms with Gasteiger partial charge in [0, 0.05) is 11.0 Å². The van der Waals surface area contributed by atoms with Crippen LogP contribution < -0.4 is 0 Å². The summed E-state index contributed by atoms with van der Waals surface area (Å²) in [5.41, 5.74) is 2.43. The topological polar surface area (TPSA) is 37.3 Å². The van der Waals surface area contributed by atoms with Gasteiger partial charge < -0.3 is 5.11 Å². The zero-order chi connectivity index (χ0) is 16.7. The number of carbonyl (C=O) groups is 1. The molecule has 2 heteroatoms. The van der Waals surface area contributed by atoms with Crippen LogP contribution in [0, 0.1) is 35.0 Å². The molecule has 1 aromatic rings. The number of carboxylic acids is 1. The fourth-order valence-corrected chi connectivity index (χ4v) is 5.81. The summed E-state index contributed by atoms with van der Waals surface area (Å²) in [6.45, 7) is 2.08. The highest BCUT2D eigenvalue weighted by molar-refractivity contribution is 5.89. The molecule has 4 bridgehead atoms. The third-order valence-corrected chi connectivity index (χ3v) is 6.37. The molecule has 1 N–H and O–H groups in total. The minimum atomic E-state index is -0.836. The standard InChI is InChI=1S/C22H26O2/c1-2-3-19-5-4-15(11-20(19)21(23)24)6-7-22-12-16-8-17(13-22)10-18(9-16)14-22/h4-5,11,16-18H,2-3,8-10,12-14H2,1H3,(H,23,24). The molecule has 0 spiro atoms. The first-order chi connectivity index (χ1) is 11.6. The fourth-order valence-electron chi connectivity index (χ4n) is 5.81. The maximum absolute atomic E-state index is 11.5. The Morgan fingerprint density at radius 3 is 2.33 bits per heavy atom. The molecular weight excluding hydrogens is 296 g/mol. The first kappa shape index (κ1) is 15.8. The maximum Gasteiger partial charge on any atom is 0.336 e. The molecule has 5 rings (SSSR count). The number of aromatic carboxylic acids is 1. The van der Waals surface area contributed by atoms with Crippen LogP contribution in [0.5, 0.6) is 0 Å². The second kappa shape index (κ2) is 5.96. The lowest BCUT2D eigenvalue weighted by molar-refractivity contribution is -0.0181. The van der Waals surface area contributed by atoms with Gasteiger partial charge in [0.2, 0.25) is 0 Å². The summed E-state index contributed by atoms with van der Waals surface area (Å²) in [5, 5.41) is 9.47. The third-order valence-electron chi connectivity index (χ3n) is 6.37. The lowest BCUT2D eigenvalue weighted by atomic mass is 9.50. The van der Waals surface area contributed by atoms with Gasteiger partial charge in [-0.2, -0.15) is 0 Å². The molecule has 4 fully saturated rings. The largest absolute Gasteiger partial charge is 0.478 e. The Morgan fingerprint density at radius 2 is 1.79 bits per heavy atom. The van der Waals surface area contributed by atoms with Crippen molar-refractivity contribution < 1.29 is 9.90 Å².